The molecule has 2 aromatic heterocycles. The monoisotopic (exact) mass is 400 g/mol. The first-order valence-corrected chi connectivity index (χ1v) is 9.45. The molecule has 0 bridgehead atoms. The number of likely N-dealkylation sites (N-methyl/N-ethyl adjacent to an activating group) is 1. The number of aryl methyl sites for hydroxylation is 1. The van der Waals surface area contributed by atoms with Gasteiger partial charge in [-0.3, -0.25) is 9.59 Å². The Labute approximate surface area is 164 Å². The van der Waals surface area contributed by atoms with E-state index in [-0.39, 0.29) is 35.7 Å². The molecule has 0 spiro atoms. The maximum atomic E-state index is 13.2. The molecule has 8 nitrogen and oxygen atoms in total. The summed E-state index contributed by atoms with van der Waals surface area (Å²) in [4.78, 5) is 31.4. The van der Waals surface area contributed by atoms with Gasteiger partial charge in [-0.1, -0.05) is 12.1 Å². The van der Waals surface area contributed by atoms with Crippen LogP contribution in [0.2, 0.25) is 0 Å². The van der Waals surface area contributed by atoms with Crippen LogP contribution < -0.4 is 5.32 Å². The summed E-state index contributed by atoms with van der Waals surface area (Å²) in [6.45, 7) is 3.07. The lowest BCUT2D eigenvalue weighted by atomic mass is 10.1. The van der Waals surface area contributed by atoms with E-state index in [1.807, 2.05) is 6.92 Å². The number of aromatic nitrogens is 4. The van der Waals surface area contributed by atoms with Crippen molar-refractivity contribution < 1.29 is 14.0 Å². The third-order valence-corrected chi connectivity index (χ3v) is 5.51. The van der Waals surface area contributed by atoms with Gasteiger partial charge in [-0.25, -0.2) is 9.37 Å². The number of hydrogen-bond donors (Lipinski definition) is 1. The number of benzene rings is 1. The third kappa shape index (κ3) is 3.26. The SMILES string of the molecule is Cc1nc(C(=O)NCc2nnc3n2CCN(C)C3=O)c(-c2ccc(F)cc2)s1. The van der Waals surface area contributed by atoms with Crippen LogP contribution in [-0.2, 0) is 13.1 Å². The Morgan fingerprint density at radius 1 is 1.25 bits per heavy atom. The lowest BCUT2D eigenvalue weighted by Gasteiger charge is -2.23. The second-order valence-corrected chi connectivity index (χ2v) is 7.62. The van der Waals surface area contributed by atoms with Crippen LogP contribution in [0.25, 0.3) is 10.4 Å². The maximum Gasteiger partial charge on any atom is 0.291 e. The number of hydrogen-bond acceptors (Lipinski definition) is 6. The first kappa shape index (κ1) is 18.2. The Hall–Kier alpha value is -3.14. The van der Waals surface area contributed by atoms with Crippen LogP contribution in [0.3, 0.4) is 0 Å². The minimum atomic E-state index is -0.361. The highest BCUT2D eigenvalue weighted by Crippen LogP contribution is 2.30. The van der Waals surface area contributed by atoms with Crippen molar-refractivity contribution in [1.82, 2.24) is 30.0 Å². The maximum absolute atomic E-state index is 13.2. The second kappa shape index (κ2) is 7.12. The van der Waals surface area contributed by atoms with E-state index in [0.29, 0.717) is 23.8 Å². The molecule has 1 N–H and O–H groups in total. The summed E-state index contributed by atoms with van der Waals surface area (Å²) in [5.74, 6) is -0.104. The summed E-state index contributed by atoms with van der Waals surface area (Å²) in [6.07, 6.45) is 0. The van der Waals surface area contributed by atoms with Crippen molar-refractivity contribution in [2.75, 3.05) is 13.6 Å². The molecule has 0 radical (unpaired) electrons. The van der Waals surface area contributed by atoms with Gasteiger partial charge in [0.2, 0.25) is 5.82 Å². The summed E-state index contributed by atoms with van der Waals surface area (Å²) in [5, 5.41) is 11.5. The largest absolute Gasteiger partial charge is 0.343 e. The van der Waals surface area contributed by atoms with E-state index in [9.17, 15) is 14.0 Å². The van der Waals surface area contributed by atoms with Crippen molar-refractivity contribution in [3.8, 4) is 10.4 Å². The number of nitrogens with zero attached hydrogens (tertiary/aromatic N) is 5. The molecule has 1 aromatic carbocycles. The highest BCUT2D eigenvalue weighted by Gasteiger charge is 2.27. The molecule has 1 aliphatic rings. The minimum Gasteiger partial charge on any atom is -0.343 e. The summed E-state index contributed by atoms with van der Waals surface area (Å²) in [6, 6.07) is 5.94. The van der Waals surface area contributed by atoms with Crippen molar-refractivity contribution in [2.45, 2.75) is 20.0 Å². The van der Waals surface area contributed by atoms with E-state index in [2.05, 4.69) is 20.5 Å². The first-order valence-electron chi connectivity index (χ1n) is 8.63. The van der Waals surface area contributed by atoms with Gasteiger partial charge in [-0.05, 0) is 24.6 Å². The van der Waals surface area contributed by atoms with Gasteiger partial charge in [-0.15, -0.1) is 21.5 Å². The molecule has 4 rings (SSSR count). The Morgan fingerprint density at radius 3 is 2.75 bits per heavy atom. The van der Waals surface area contributed by atoms with Crippen LogP contribution in [0.1, 0.15) is 31.9 Å². The van der Waals surface area contributed by atoms with E-state index >= 15 is 0 Å². The van der Waals surface area contributed by atoms with Crippen molar-refractivity contribution in [1.29, 1.82) is 0 Å². The van der Waals surface area contributed by atoms with Gasteiger partial charge in [0.05, 0.1) is 16.4 Å². The van der Waals surface area contributed by atoms with Crippen molar-refractivity contribution in [2.24, 2.45) is 0 Å². The van der Waals surface area contributed by atoms with Crippen LogP contribution in [0.5, 0.6) is 0 Å². The molecule has 144 valence electrons. The van der Waals surface area contributed by atoms with E-state index in [1.54, 1.807) is 28.6 Å². The predicted octanol–water partition coefficient (Wildman–Crippen LogP) is 1.86. The highest BCUT2D eigenvalue weighted by atomic mass is 32.1. The van der Waals surface area contributed by atoms with Gasteiger partial charge in [0.25, 0.3) is 11.8 Å². The standard InChI is InChI=1S/C18H17FN6O2S/c1-10-21-14(15(28-10)11-3-5-12(19)6-4-11)17(26)20-9-13-22-23-16-18(27)24(2)7-8-25(13)16/h3-6H,7-9H2,1-2H3,(H,20,26). The van der Waals surface area contributed by atoms with Crippen LogP contribution in [-0.4, -0.2) is 50.1 Å². The Morgan fingerprint density at radius 2 is 2.00 bits per heavy atom. The highest BCUT2D eigenvalue weighted by molar-refractivity contribution is 7.15. The van der Waals surface area contributed by atoms with E-state index < -0.39 is 0 Å². The zero-order valence-electron chi connectivity index (χ0n) is 15.3. The number of amides is 2. The van der Waals surface area contributed by atoms with Gasteiger partial charge in [-0.2, -0.15) is 0 Å². The van der Waals surface area contributed by atoms with Crippen molar-refractivity contribution >= 4 is 23.2 Å². The fourth-order valence-corrected chi connectivity index (χ4v) is 3.92. The van der Waals surface area contributed by atoms with Crippen molar-refractivity contribution in [3.63, 3.8) is 0 Å². The predicted molar refractivity (Wildman–Crippen MR) is 100 cm³/mol. The van der Waals surface area contributed by atoms with E-state index in [1.165, 1.54) is 23.5 Å². The molecule has 28 heavy (non-hydrogen) atoms. The normalized spacial score (nSPS) is 13.5. The zero-order valence-corrected chi connectivity index (χ0v) is 16.1. The Bertz CT molecular complexity index is 1060. The molecule has 0 aliphatic carbocycles. The molecular weight excluding hydrogens is 383 g/mol. The zero-order chi connectivity index (χ0) is 19.8. The summed E-state index contributed by atoms with van der Waals surface area (Å²) >= 11 is 1.37. The number of thiazole rings is 1. The molecule has 3 aromatic rings. The Balaban J connectivity index is 1.54. The first-order chi connectivity index (χ1) is 13.4. The molecule has 0 saturated heterocycles. The van der Waals surface area contributed by atoms with E-state index in [0.717, 1.165) is 10.6 Å². The van der Waals surface area contributed by atoms with Crippen molar-refractivity contribution in [3.05, 3.63) is 52.4 Å². The number of carbonyl (C=O) groups excluding carboxylic acids is 2. The molecule has 1 aliphatic heterocycles. The lowest BCUT2D eigenvalue weighted by Crippen LogP contribution is -2.38. The summed E-state index contributed by atoms with van der Waals surface area (Å²) < 4.78 is 14.9. The summed E-state index contributed by atoms with van der Waals surface area (Å²) in [7, 11) is 1.71. The second-order valence-electron chi connectivity index (χ2n) is 6.42. The van der Waals surface area contributed by atoms with Crippen LogP contribution in [0.15, 0.2) is 24.3 Å². The van der Waals surface area contributed by atoms with Gasteiger partial charge < -0.3 is 14.8 Å². The van der Waals surface area contributed by atoms with Gasteiger partial charge >= 0.3 is 0 Å². The van der Waals surface area contributed by atoms with Gasteiger partial charge in [0, 0.05) is 20.1 Å². The number of carbonyl (C=O) groups is 2. The number of nitrogens with one attached hydrogen (secondary N) is 1. The summed E-state index contributed by atoms with van der Waals surface area (Å²) in [5.41, 5.74) is 1.01. The topological polar surface area (TPSA) is 93.0 Å². The number of rotatable bonds is 4. The fourth-order valence-electron chi connectivity index (χ4n) is 3.00. The third-order valence-electron chi connectivity index (χ3n) is 4.49. The molecule has 0 unspecified atom stereocenters. The number of fused-ring (bicyclic) bond motifs is 1. The molecule has 3 heterocycles. The smallest absolute Gasteiger partial charge is 0.291 e. The molecule has 0 fully saturated rings. The Kier molecular flexibility index (Phi) is 4.63. The fraction of sp³-hybridized carbons (Fsp3) is 0.278. The number of halogens is 1. The average Bonchev–Trinajstić information content (AvgIpc) is 3.27. The molecule has 0 atom stereocenters. The molecule has 0 saturated carbocycles. The average molecular weight is 400 g/mol. The lowest BCUT2D eigenvalue weighted by molar-refractivity contribution is 0.0740. The minimum absolute atomic E-state index is 0.127. The van der Waals surface area contributed by atoms with Gasteiger partial charge in [0.1, 0.15) is 11.5 Å². The van der Waals surface area contributed by atoms with Crippen LogP contribution >= 0.6 is 11.3 Å². The van der Waals surface area contributed by atoms with E-state index in [4.69, 9.17) is 0 Å². The molecular formula is C18H17FN6O2S. The molecule has 2 amide bonds. The molecule has 10 heteroatoms. The quantitative estimate of drug-likeness (QED) is 0.722. The van der Waals surface area contributed by atoms with Crippen LogP contribution in [0.4, 0.5) is 4.39 Å². The van der Waals surface area contributed by atoms with Crippen LogP contribution in [0, 0.1) is 12.7 Å². The van der Waals surface area contributed by atoms with Gasteiger partial charge in [0.15, 0.2) is 5.82 Å².